The van der Waals surface area contributed by atoms with Crippen molar-refractivity contribution in [2.45, 2.75) is 13.3 Å². The number of nitrogens with one attached hydrogen (secondary N) is 1. The van der Waals surface area contributed by atoms with Crippen LogP contribution in [0.1, 0.15) is 22.8 Å². The average molecular weight is 217 g/mol. The minimum absolute atomic E-state index is 0.0500. The van der Waals surface area contributed by atoms with Gasteiger partial charge in [0.15, 0.2) is 0 Å². The van der Waals surface area contributed by atoms with E-state index in [-0.39, 0.29) is 11.1 Å². The molecule has 0 unspecified atom stereocenters. The molecule has 4 heteroatoms. The van der Waals surface area contributed by atoms with Crippen molar-refractivity contribution in [2.75, 3.05) is 0 Å². The lowest BCUT2D eigenvalue weighted by atomic mass is 10.0. The van der Waals surface area contributed by atoms with Crippen molar-refractivity contribution in [3.8, 4) is 0 Å². The van der Waals surface area contributed by atoms with E-state index in [1.54, 1.807) is 12.1 Å². The molecule has 4 nitrogen and oxygen atoms in total. The molecule has 1 aromatic heterocycles. The van der Waals surface area contributed by atoms with Crippen molar-refractivity contribution in [2.24, 2.45) is 0 Å². The van der Waals surface area contributed by atoms with Gasteiger partial charge in [-0.15, -0.1) is 0 Å². The van der Waals surface area contributed by atoms with Gasteiger partial charge in [-0.1, -0.05) is 25.1 Å². The molecule has 2 N–H and O–H groups in total. The van der Waals surface area contributed by atoms with E-state index in [0.717, 1.165) is 18.1 Å². The smallest absolute Gasteiger partial charge is 0.336 e. The summed E-state index contributed by atoms with van der Waals surface area (Å²) < 4.78 is 0. The number of carboxylic acid groups (broad SMARTS) is 1. The minimum atomic E-state index is -1.08. The van der Waals surface area contributed by atoms with Crippen LogP contribution in [-0.2, 0) is 6.42 Å². The molecule has 0 atom stereocenters. The Hall–Kier alpha value is -2.10. The highest BCUT2D eigenvalue weighted by atomic mass is 16.4. The predicted octanol–water partition coefficient (Wildman–Crippen LogP) is 1.79. The third kappa shape index (κ3) is 1.58. The van der Waals surface area contributed by atoms with Crippen LogP contribution < -0.4 is 5.56 Å². The van der Waals surface area contributed by atoms with Gasteiger partial charge in [0.05, 0.1) is 11.1 Å². The van der Waals surface area contributed by atoms with Gasteiger partial charge >= 0.3 is 5.97 Å². The molecule has 0 aliphatic heterocycles. The van der Waals surface area contributed by atoms with E-state index in [4.69, 9.17) is 5.11 Å². The number of rotatable bonds is 2. The molecule has 0 amide bonds. The van der Waals surface area contributed by atoms with Gasteiger partial charge in [-0.25, -0.2) is 4.79 Å². The molecule has 1 aromatic carbocycles. The number of para-hydroxylation sites is 1. The van der Waals surface area contributed by atoms with Crippen LogP contribution in [0.25, 0.3) is 10.9 Å². The summed E-state index contributed by atoms with van der Waals surface area (Å²) in [5, 5.41) is 9.59. The number of aromatic nitrogens is 1. The van der Waals surface area contributed by atoms with Crippen molar-refractivity contribution in [3.63, 3.8) is 0 Å². The van der Waals surface area contributed by atoms with Crippen molar-refractivity contribution in [3.05, 3.63) is 45.7 Å². The summed E-state index contributed by atoms with van der Waals surface area (Å²) in [5.41, 5.74) is 1.23. The number of hydrogen-bond acceptors (Lipinski definition) is 2. The molecule has 0 bridgehead atoms. The SMILES string of the molecule is CCc1cccc2c(C(=O)O)cc(=O)[nH]c12. The van der Waals surface area contributed by atoms with E-state index in [0.29, 0.717) is 10.9 Å². The van der Waals surface area contributed by atoms with Crippen LogP contribution >= 0.6 is 0 Å². The summed E-state index contributed by atoms with van der Waals surface area (Å²) in [5.74, 6) is -1.08. The van der Waals surface area contributed by atoms with Gasteiger partial charge in [0, 0.05) is 11.5 Å². The fourth-order valence-corrected chi connectivity index (χ4v) is 1.81. The van der Waals surface area contributed by atoms with E-state index >= 15 is 0 Å². The van der Waals surface area contributed by atoms with Gasteiger partial charge in [-0.3, -0.25) is 4.79 Å². The molecule has 2 aromatic rings. The third-order valence-electron chi connectivity index (χ3n) is 2.58. The Morgan fingerprint density at radius 3 is 2.81 bits per heavy atom. The highest BCUT2D eigenvalue weighted by Gasteiger charge is 2.11. The van der Waals surface area contributed by atoms with Gasteiger partial charge in [0.25, 0.3) is 0 Å². The van der Waals surface area contributed by atoms with Crippen LogP contribution in [0, 0.1) is 0 Å². The second-order valence-corrected chi connectivity index (χ2v) is 3.55. The first kappa shape index (κ1) is 10.4. The summed E-state index contributed by atoms with van der Waals surface area (Å²) in [6.07, 6.45) is 0.746. The summed E-state index contributed by atoms with van der Waals surface area (Å²) in [7, 11) is 0. The average Bonchev–Trinajstić information content (AvgIpc) is 2.27. The summed E-state index contributed by atoms with van der Waals surface area (Å²) in [6.45, 7) is 1.96. The number of carbonyl (C=O) groups is 1. The van der Waals surface area contributed by atoms with E-state index in [9.17, 15) is 9.59 Å². The van der Waals surface area contributed by atoms with E-state index in [1.807, 2.05) is 13.0 Å². The first-order valence-corrected chi connectivity index (χ1v) is 5.01. The van der Waals surface area contributed by atoms with Crippen LogP contribution in [-0.4, -0.2) is 16.1 Å². The highest BCUT2D eigenvalue weighted by molar-refractivity contribution is 6.02. The van der Waals surface area contributed by atoms with Crippen LogP contribution in [0.15, 0.2) is 29.1 Å². The molecule has 0 fully saturated rings. The van der Waals surface area contributed by atoms with Crippen molar-refractivity contribution in [1.29, 1.82) is 0 Å². The van der Waals surface area contributed by atoms with Gasteiger partial charge < -0.3 is 10.1 Å². The van der Waals surface area contributed by atoms with Gasteiger partial charge in [-0.05, 0) is 12.0 Å². The van der Waals surface area contributed by atoms with Crippen LogP contribution in [0.2, 0.25) is 0 Å². The summed E-state index contributed by atoms with van der Waals surface area (Å²) in [6, 6.07) is 6.49. The quantitative estimate of drug-likeness (QED) is 0.805. The molecule has 0 saturated carbocycles. The fraction of sp³-hybridized carbons (Fsp3) is 0.167. The standard InChI is InChI=1S/C12H11NO3/c1-2-7-4-3-5-8-9(12(15)16)6-10(14)13-11(7)8/h3-6H,2H2,1H3,(H,13,14)(H,15,16). The van der Waals surface area contributed by atoms with E-state index in [1.165, 1.54) is 0 Å². The number of carboxylic acids is 1. The fourth-order valence-electron chi connectivity index (χ4n) is 1.81. The summed E-state index contributed by atoms with van der Waals surface area (Å²) in [4.78, 5) is 25.1. The van der Waals surface area contributed by atoms with Crippen LogP contribution in [0.3, 0.4) is 0 Å². The maximum atomic E-state index is 11.4. The molecule has 16 heavy (non-hydrogen) atoms. The number of fused-ring (bicyclic) bond motifs is 1. The number of aryl methyl sites for hydroxylation is 1. The Balaban J connectivity index is 2.94. The molecule has 2 rings (SSSR count). The maximum absolute atomic E-state index is 11.4. The van der Waals surface area contributed by atoms with Gasteiger partial charge in [0.1, 0.15) is 0 Å². The topological polar surface area (TPSA) is 70.2 Å². The van der Waals surface area contributed by atoms with E-state index < -0.39 is 5.97 Å². The molecular weight excluding hydrogens is 206 g/mol. The zero-order valence-electron chi connectivity index (χ0n) is 8.78. The lowest BCUT2D eigenvalue weighted by molar-refractivity contribution is 0.0699. The summed E-state index contributed by atoms with van der Waals surface area (Å²) >= 11 is 0. The molecule has 0 aliphatic rings. The minimum Gasteiger partial charge on any atom is -0.478 e. The lowest BCUT2D eigenvalue weighted by Gasteiger charge is -2.05. The van der Waals surface area contributed by atoms with Gasteiger partial charge in [0.2, 0.25) is 5.56 Å². The Morgan fingerprint density at radius 1 is 1.44 bits per heavy atom. The largest absolute Gasteiger partial charge is 0.478 e. The first-order valence-electron chi connectivity index (χ1n) is 5.01. The molecule has 0 aliphatic carbocycles. The molecule has 0 saturated heterocycles. The molecular formula is C12H11NO3. The zero-order chi connectivity index (χ0) is 11.7. The lowest BCUT2D eigenvalue weighted by Crippen LogP contribution is -2.11. The van der Waals surface area contributed by atoms with Crippen molar-refractivity contribution < 1.29 is 9.90 Å². The number of benzene rings is 1. The number of aromatic amines is 1. The Labute approximate surface area is 91.5 Å². The first-order chi connectivity index (χ1) is 7.63. The van der Waals surface area contributed by atoms with Crippen molar-refractivity contribution >= 4 is 16.9 Å². The molecule has 0 spiro atoms. The molecule has 1 heterocycles. The number of H-pyrrole nitrogens is 1. The normalized spacial score (nSPS) is 10.6. The Bertz CT molecular complexity index is 613. The van der Waals surface area contributed by atoms with Crippen molar-refractivity contribution in [1.82, 2.24) is 4.98 Å². The monoisotopic (exact) mass is 217 g/mol. The third-order valence-corrected chi connectivity index (χ3v) is 2.58. The second kappa shape index (κ2) is 3.81. The van der Waals surface area contributed by atoms with Crippen LogP contribution in [0.5, 0.6) is 0 Å². The number of pyridine rings is 1. The highest BCUT2D eigenvalue weighted by Crippen LogP contribution is 2.19. The molecule has 0 radical (unpaired) electrons. The predicted molar refractivity (Wildman–Crippen MR) is 60.9 cm³/mol. The van der Waals surface area contributed by atoms with Crippen LogP contribution in [0.4, 0.5) is 0 Å². The zero-order valence-corrected chi connectivity index (χ0v) is 8.78. The Kier molecular flexibility index (Phi) is 2.48. The number of aromatic carboxylic acids is 1. The second-order valence-electron chi connectivity index (χ2n) is 3.55. The maximum Gasteiger partial charge on any atom is 0.336 e. The number of hydrogen-bond donors (Lipinski definition) is 2. The Morgan fingerprint density at radius 2 is 2.19 bits per heavy atom. The van der Waals surface area contributed by atoms with E-state index in [2.05, 4.69) is 4.98 Å². The van der Waals surface area contributed by atoms with Gasteiger partial charge in [-0.2, -0.15) is 0 Å². The molecule has 82 valence electrons.